The second-order valence-corrected chi connectivity index (χ2v) is 6.78. The van der Waals surface area contributed by atoms with Crippen molar-refractivity contribution in [3.8, 4) is 23.1 Å². The maximum Gasteiger partial charge on any atom is 0.354 e. The molecule has 0 bridgehead atoms. The van der Waals surface area contributed by atoms with Crippen molar-refractivity contribution >= 4 is 5.97 Å². The van der Waals surface area contributed by atoms with Crippen LogP contribution in [0, 0.1) is 0 Å². The molecule has 1 aromatic heterocycles. The normalized spacial score (nSPS) is 13.9. The minimum atomic E-state index is -1.09. The second-order valence-electron chi connectivity index (χ2n) is 6.78. The van der Waals surface area contributed by atoms with Crippen LogP contribution in [0.3, 0.4) is 0 Å². The molecule has 2 aromatic carbocycles. The maximum absolute atomic E-state index is 11.3. The van der Waals surface area contributed by atoms with Crippen LogP contribution in [-0.4, -0.2) is 41.2 Å². The minimum Gasteiger partial charge on any atom is -0.497 e. The summed E-state index contributed by atoms with van der Waals surface area (Å²) in [7, 11) is 3.15. The smallest absolute Gasteiger partial charge is 0.354 e. The molecule has 31 heavy (non-hydrogen) atoms. The third-order valence-corrected chi connectivity index (χ3v) is 4.73. The van der Waals surface area contributed by atoms with Crippen LogP contribution in [0.5, 0.6) is 23.1 Å². The van der Waals surface area contributed by atoms with Gasteiger partial charge in [0.2, 0.25) is 5.88 Å². The first-order valence-electron chi connectivity index (χ1n) is 9.62. The minimum absolute atomic E-state index is 0.0110. The van der Waals surface area contributed by atoms with Gasteiger partial charge in [-0.3, -0.25) is 4.68 Å². The van der Waals surface area contributed by atoms with Gasteiger partial charge in [-0.05, 0) is 29.8 Å². The summed E-state index contributed by atoms with van der Waals surface area (Å²) >= 11 is 0. The molecule has 0 aliphatic carbocycles. The van der Waals surface area contributed by atoms with Crippen molar-refractivity contribution in [3.63, 3.8) is 0 Å². The van der Waals surface area contributed by atoms with Gasteiger partial charge in [0, 0.05) is 13.1 Å². The van der Waals surface area contributed by atoms with E-state index in [1.165, 1.54) is 17.8 Å². The summed E-state index contributed by atoms with van der Waals surface area (Å²) in [5, 5.41) is 13.4. The quantitative estimate of drug-likeness (QED) is 0.584. The molecular formula is C22H22N2O7. The van der Waals surface area contributed by atoms with Gasteiger partial charge in [0.05, 0.1) is 25.9 Å². The van der Waals surface area contributed by atoms with Crippen LogP contribution in [0.4, 0.5) is 0 Å². The van der Waals surface area contributed by atoms with Crippen LogP contribution >= 0.6 is 0 Å². The third-order valence-electron chi connectivity index (χ3n) is 4.73. The van der Waals surface area contributed by atoms with E-state index in [1.54, 1.807) is 25.3 Å². The monoisotopic (exact) mass is 426 g/mol. The van der Waals surface area contributed by atoms with Crippen molar-refractivity contribution in [1.29, 1.82) is 0 Å². The van der Waals surface area contributed by atoms with Crippen LogP contribution in [0.1, 0.15) is 27.9 Å². The molecule has 0 unspecified atom stereocenters. The molecule has 0 radical (unpaired) electrons. The number of benzene rings is 2. The SMILES string of the molecule is COc1ccc(COc2cccc(Oc3cc(C(=O)O)n(C)n3)c2C2OCCO2)cc1. The molecule has 1 fully saturated rings. The lowest BCUT2D eigenvalue weighted by molar-refractivity contribution is -0.0470. The lowest BCUT2D eigenvalue weighted by Gasteiger charge is -2.19. The van der Waals surface area contributed by atoms with Crippen molar-refractivity contribution in [2.24, 2.45) is 7.05 Å². The molecule has 1 N–H and O–H groups in total. The van der Waals surface area contributed by atoms with Crippen molar-refractivity contribution in [2.45, 2.75) is 12.9 Å². The summed E-state index contributed by atoms with van der Waals surface area (Å²) in [5.41, 5.74) is 1.55. The van der Waals surface area contributed by atoms with Gasteiger partial charge < -0.3 is 28.8 Å². The van der Waals surface area contributed by atoms with E-state index in [9.17, 15) is 9.90 Å². The Bertz CT molecular complexity index is 1060. The van der Waals surface area contributed by atoms with Crippen LogP contribution in [-0.2, 0) is 23.1 Å². The maximum atomic E-state index is 11.3. The molecule has 0 spiro atoms. The standard InChI is InChI=1S/C22H22N2O7/c1-24-16(21(25)26)12-19(23-24)31-18-5-3-4-17(20(18)22-28-10-11-29-22)30-13-14-6-8-15(27-2)9-7-14/h3-9,12,22H,10-11,13H2,1-2H3,(H,25,26). The molecule has 1 aliphatic heterocycles. The second kappa shape index (κ2) is 9.07. The van der Waals surface area contributed by atoms with Gasteiger partial charge in [0.1, 0.15) is 29.5 Å². The average molecular weight is 426 g/mol. The first-order chi connectivity index (χ1) is 15.0. The molecule has 3 aromatic rings. The Balaban J connectivity index is 1.60. The number of nitrogens with zero attached hydrogens (tertiary/aromatic N) is 2. The molecule has 0 saturated carbocycles. The lowest BCUT2D eigenvalue weighted by atomic mass is 10.1. The van der Waals surface area contributed by atoms with E-state index in [0.717, 1.165) is 11.3 Å². The van der Waals surface area contributed by atoms with Crippen molar-refractivity contribution < 1.29 is 33.6 Å². The first-order valence-corrected chi connectivity index (χ1v) is 9.62. The van der Waals surface area contributed by atoms with E-state index in [0.29, 0.717) is 36.9 Å². The number of aromatic nitrogens is 2. The van der Waals surface area contributed by atoms with Crippen LogP contribution in [0.15, 0.2) is 48.5 Å². The summed E-state index contributed by atoms with van der Waals surface area (Å²) in [4.78, 5) is 11.3. The number of aryl methyl sites for hydroxylation is 1. The number of carboxylic acid groups (broad SMARTS) is 1. The van der Waals surface area contributed by atoms with Gasteiger partial charge in [-0.2, -0.15) is 0 Å². The molecule has 0 amide bonds. The number of hydrogen-bond acceptors (Lipinski definition) is 7. The Morgan fingerprint density at radius 1 is 1.16 bits per heavy atom. The predicted molar refractivity (Wildman–Crippen MR) is 109 cm³/mol. The molecule has 9 nitrogen and oxygen atoms in total. The Kier molecular flexibility index (Phi) is 6.06. The number of ether oxygens (including phenoxy) is 5. The summed E-state index contributed by atoms with van der Waals surface area (Å²) in [6.45, 7) is 1.22. The zero-order chi connectivity index (χ0) is 21.8. The fourth-order valence-electron chi connectivity index (χ4n) is 3.18. The number of rotatable bonds is 8. The van der Waals surface area contributed by atoms with Gasteiger partial charge >= 0.3 is 5.97 Å². The molecular weight excluding hydrogens is 404 g/mol. The molecule has 1 aliphatic rings. The van der Waals surface area contributed by atoms with Crippen molar-refractivity contribution in [1.82, 2.24) is 9.78 Å². The van der Waals surface area contributed by atoms with Gasteiger partial charge in [-0.15, -0.1) is 5.10 Å². The summed E-state index contributed by atoms with van der Waals surface area (Å²) < 4.78 is 29.8. The Morgan fingerprint density at radius 3 is 2.52 bits per heavy atom. The highest BCUT2D eigenvalue weighted by Gasteiger charge is 2.27. The van der Waals surface area contributed by atoms with Gasteiger partial charge in [0.15, 0.2) is 6.29 Å². The Labute approximate surface area is 178 Å². The van der Waals surface area contributed by atoms with Crippen molar-refractivity contribution in [3.05, 3.63) is 65.4 Å². The molecule has 4 rings (SSSR count). The van der Waals surface area contributed by atoms with E-state index in [2.05, 4.69) is 5.10 Å². The fourth-order valence-corrected chi connectivity index (χ4v) is 3.18. The molecule has 162 valence electrons. The average Bonchev–Trinajstić information content (AvgIpc) is 3.42. The number of carboxylic acids is 1. The molecule has 0 atom stereocenters. The van der Waals surface area contributed by atoms with Gasteiger partial charge in [0.25, 0.3) is 0 Å². The molecule has 2 heterocycles. The van der Waals surface area contributed by atoms with E-state index in [4.69, 9.17) is 23.7 Å². The highest BCUT2D eigenvalue weighted by Crippen LogP contribution is 2.40. The highest BCUT2D eigenvalue weighted by atomic mass is 16.7. The number of aromatic carboxylic acids is 1. The predicted octanol–water partition coefficient (Wildman–Crippen LogP) is 3.54. The number of hydrogen-bond donors (Lipinski definition) is 1. The lowest BCUT2D eigenvalue weighted by Crippen LogP contribution is -2.06. The van der Waals surface area contributed by atoms with E-state index in [1.807, 2.05) is 24.3 Å². The number of methoxy groups -OCH3 is 1. The largest absolute Gasteiger partial charge is 0.497 e. The van der Waals surface area contributed by atoms with Gasteiger partial charge in [-0.25, -0.2) is 4.79 Å². The van der Waals surface area contributed by atoms with E-state index in [-0.39, 0.29) is 11.6 Å². The topological polar surface area (TPSA) is 101 Å². The Morgan fingerprint density at radius 2 is 1.87 bits per heavy atom. The summed E-state index contributed by atoms with van der Waals surface area (Å²) in [6, 6.07) is 14.2. The van der Waals surface area contributed by atoms with Crippen molar-refractivity contribution in [2.75, 3.05) is 20.3 Å². The van der Waals surface area contributed by atoms with Crippen LogP contribution < -0.4 is 14.2 Å². The first kappa shape index (κ1) is 20.7. The fraction of sp³-hybridized carbons (Fsp3) is 0.273. The third kappa shape index (κ3) is 4.62. The van der Waals surface area contributed by atoms with Gasteiger partial charge in [-0.1, -0.05) is 18.2 Å². The van der Waals surface area contributed by atoms with E-state index >= 15 is 0 Å². The Hall–Kier alpha value is -3.56. The summed E-state index contributed by atoms with van der Waals surface area (Å²) in [6.07, 6.45) is -0.662. The summed E-state index contributed by atoms with van der Waals surface area (Å²) in [5.74, 6) is 0.767. The van der Waals surface area contributed by atoms with Crippen LogP contribution in [0.25, 0.3) is 0 Å². The zero-order valence-electron chi connectivity index (χ0n) is 17.1. The molecule has 1 saturated heterocycles. The zero-order valence-corrected chi connectivity index (χ0v) is 17.1. The number of carbonyl (C=O) groups is 1. The molecule has 9 heteroatoms. The highest BCUT2D eigenvalue weighted by molar-refractivity contribution is 5.86. The van der Waals surface area contributed by atoms with Crippen LogP contribution in [0.2, 0.25) is 0 Å². The van der Waals surface area contributed by atoms with E-state index < -0.39 is 12.3 Å².